The average molecular weight is 333 g/mol. The molecule has 116 valence electrons. The standard InChI is InChI=1S/C14H18Cl2N2O3/c15-10-2-1-3-11(16)13(10)12(19)7-18-14(20)17-6-9-4-5-21-8-9/h1-3,9,12,19H,4-8H2,(H2,17,18,20). The van der Waals surface area contributed by atoms with Crippen molar-refractivity contribution in [1.82, 2.24) is 10.6 Å². The molecule has 1 heterocycles. The van der Waals surface area contributed by atoms with Crippen LogP contribution in [-0.2, 0) is 4.74 Å². The number of benzene rings is 1. The molecule has 1 aliphatic heterocycles. The Morgan fingerprint density at radius 3 is 2.71 bits per heavy atom. The minimum atomic E-state index is -0.952. The molecule has 2 rings (SSSR count). The molecule has 21 heavy (non-hydrogen) atoms. The van der Waals surface area contributed by atoms with E-state index < -0.39 is 6.10 Å². The number of halogens is 2. The third kappa shape index (κ3) is 4.74. The number of hydrogen-bond donors (Lipinski definition) is 3. The molecule has 0 aromatic heterocycles. The largest absolute Gasteiger partial charge is 0.386 e. The van der Waals surface area contributed by atoms with Gasteiger partial charge in [-0.25, -0.2) is 4.79 Å². The van der Waals surface area contributed by atoms with Crippen molar-refractivity contribution in [1.29, 1.82) is 0 Å². The Hall–Kier alpha value is -1.01. The fraction of sp³-hybridized carbons (Fsp3) is 0.500. The fourth-order valence-corrected chi connectivity index (χ4v) is 2.81. The highest BCUT2D eigenvalue weighted by Crippen LogP contribution is 2.29. The summed E-state index contributed by atoms with van der Waals surface area (Å²) in [5, 5.41) is 16.2. The van der Waals surface area contributed by atoms with Gasteiger partial charge < -0.3 is 20.5 Å². The Balaban J connectivity index is 1.77. The summed E-state index contributed by atoms with van der Waals surface area (Å²) < 4.78 is 5.23. The zero-order valence-electron chi connectivity index (χ0n) is 11.4. The van der Waals surface area contributed by atoms with Gasteiger partial charge in [-0.05, 0) is 18.6 Å². The number of aliphatic hydroxyl groups is 1. The summed E-state index contributed by atoms with van der Waals surface area (Å²) in [6, 6.07) is 4.66. The van der Waals surface area contributed by atoms with Crippen LogP contribution >= 0.6 is 23.2 Å². The van der Waals surface area contributed by atoms with E-state index in [0.717, 1.165) is 13.0 Å². The van der Waals surface area contributed by atoms with Crippen molar-refractivity contribution in [3.63, 3.8) is 0 Å². The van der Waals surface area contributed by atoms with Crippen molar-refractivity contribution in [3.8, 4) is 0 Å². The Kier molecular flexibility index (Phi) is 6.11. The number of urea groups is 1. The van der Waals surface area contributed by atoms with Gasteiger partial charge in [-0.2, -0.15) is 0 Å². The first-order chi connectivity index (χ1) is 10.1. The predicted molar refractivity (Wildman–Crippen MR) is 81.7 cm³/mol. The Morgan fingerprint density at radius 2 is 2.10 bits per heavy atom. The molecule has 1 aromatic rings. The lowest BCUT2D eigenvalue weighted by Gasteiger charge is -2.16. The second kappa shape index (κ2) is 7.84. The lowest BCUT2D eigenvalue weighted by atomic mass is 10.1. The van der Waals surface area contributed by atoms with Gasteiger partial charge in [0.05, 0.1) is 12.7 Å². The third-order valence-electron chi connectivity index (χ3n) is 3.36. The molecule has 1 aromatic carbocycles. The van der Waals surface area contributed by atoms with Crippen LogP contribution in [0.3, 0.4) is 0 Å². The van der Waals surface area contributed by atoms with Gasteiger partial charge in [0, 0.05) is 41.2 Å². The first-order valence-corrected chi connectivity index (χ1v) is 7.55. The average Bonchev–Trinajstić information content (AvgIpc) is 2.96. The highest BCUT2D eigenvalue weighted by Gasteiger charge is 2.18. The summed E-state index contributed by atoms with van der Waals surface area (Å²) in [6.45, 7) is 2.03. The molecule has 2 amide bonds. The SMILES string of the molecule is O=C(NCC1CCOC1)NCC(O)c1c(Cl)cccc1Cl. The number of nitrogens with one attached hydrogen (secondary N) is 2. The van der Waals surface area contributed by atoms with Crippen LogP contribution in [0.2, 0.25) is 10.0 Å². The Morgan fingerprint density at radius 1 is 1.38 bits per heavy atom. The first kappa shape index (κ1) is 16.4. The molecule has 0 spiro atoms. The summed E-state index contributed by atoms with van der Waals surface area (Å²) >= 11 is 12.0. The van der Waals surface area contributed by atoms with Crippen LogP contribution in [0, 0.1) is 5.92 Å². The minimum Gasteiger partial charge on any atom is -0.386 e. The maximum atomic E-state index is 11.7. The number of carbonyl (C=O) groups is 1. The molecule has 0 aliphatic carbocycles. The van der Waals surface area contributed by atoms with E-state index in [9.17, 15) is 9.90 Å². The number of hydrogen-bond acceptors (Lipinski definition) is 3. The summed E-state index contributed by atoms with van der Waals surface area (Å²) in [5.74, 6) is 0.360. The quantitative estimate of drug-likeness (QED) is 0.775. The van der Waals surface area contributed by atoms with E-state index in [1.165, 1.54) is 0 Å². The predicted octanol–water partition coefficient (Wildman–Crippen LogP) is 2.36. The second-order valence-electron chi connectivity index (χ2n) is 4.97. The second-order valence-corrected chi connectivity index (χ2v) is 5.79. The van der Waals surface area contributed by atoms with E-state index in [1.807, 2.05) is 0 Å². The van der Waals surface area contributed by atoms with Crippen LogP contribution in [0.4, 0.5) is 4.79 Å². The number of carbonyl (C=O) groups excluding carboxylic acids is 1. The van der Waals surface area contributed by atoms with E-state index >= 15 is 0 Å². The van der Waals surface area contributed by atoms with Crippen molar-refractivity contribution in [2.24, 2.45) is 5.92 Å². The number of aliphatic hydroxyl groups excluding tert-OH is 1. The van der Waals surface area contributed by atoms with Gasteiger partial charge in [-0.1, -0.05) is 29.3 Å². The molecule has 1 fully saturated rings. The summed E-state index contributed by atoms with van der Waals surface area (Å²) in [6.07, 6.45) is 0.00441. The Labute approximate surface area is 133 Å². The number of ether oxygens (including phenoxy) is 1. The van der Waals surface area contributed by atoms with Crippen molar-refractivity contribution < 1.29 is 14.6 Å². The zero-order chi connectivity index (χ0) is 15.2. The van der Waals surface area contributed by atoms with Crippen molar-refractivity contribution >= 4 is 29.2 Å². The zero-order valence-corrected chi connectivity index (χ0v) is 13.0. The van der Waals surface area contributed by atoms with E-state index in [1.54, 1.807) is 18.2 Å². The van der Waals surface area contributed by atoms with E-state index in [-0.39, 0.29) is 12.6 Å². The minimum absolute atomic E-state index is 0.0381. The first-order valence-electron chi connectivity index (χ1n) is 6.79. The van der Waals surface area contributed by atoms with Crippen LogP contribution < -0.4 is 10.6 Å². The number of rotatable bonds is 5. The molecule has 2 atom stereocenters. The van der Waals surface area contributed by atoms with Crippen LogP contribution in [-0.4, -0.2) is 37.4 Å². The van der Waals surface area contributed by atoms with Gasteiger partial charge in [-0.15, -0.1) is 0 Å². The highest BCUT2D eigenvalue weighted by atomic mass is 35.5. The van der Waals surface area contributed by atoms with Crippen molar-refractivity contribution in [3.05, 3.63) is 33.8 Å². The molecular weight excluding hydrogens is 315 g/mol. The van der Waals surface area contributed by atoms with Gasteiger partial charge in [-0.3, -0.25) is 0 Å². The van der Waals surface area contributed by atoms with Crippen LogP contribution in [0.5, 0.6) is 0 Å². The van der Waals surface area contributed by atoms with Gasteiger partial charge in [0.1, 0.15) is 0 Å². The lowest BCUT2D eigenvalue weighted by Crippen LogP contribution is -2.40. The van der Waals surface area contributed by atoms with Crippen LogP contribution in [0.1, 0.15) is 18.1 Å². The van der Waals surface area contributed by atoms with Crippen molar-refractivity contribution in [2.75, 3.05) is 26.3 Å². The molecule has 0 bridgehead atoms. The monoisotopic (exact) mass is 332 g/mol. The maximum absolute atomic E-state index is 11.7. The molecule has 5 nitrogen and oxygen atoms in total. The molecular formula is C14H18Cl2N2O3. The topological polar surface area (TPSA) is 70.6 Å². The lowest BCUT2D eigenvalue weighted by molar-refractivity contribution is 0.172. The Bertz CT molecular complexity index is 473. The highest BCUT2D eigenvalue weighted by molar-refractivity contribution is 6.36. The van der Waals surface area contributed by atoms with Crippen molar-refractivity contribution in [2.45, 2.75) is 12.5 Å². The molecule has 7 heteroatoms. The summed E-state index contributed by atoms with van der Waals surface area (Å²) in [7, 11) is 0. The maximum Gasteiger partial charge on any atom is 0.314 e. The van der Waals surface area contributed by atoms with Crippen LogP contribution in [0.15, 0.2) is 18.2 Å². The van der Waals surface area contributed by atoms with Crippen LogP contribution in [0.25, 0.3) is 0 Å². The smallest absolute Gasteiger partial charge is 0.314 e. The van der Waals surface area contributed by atoms with Gasteiger partial charge >= 0.3 is 6.03 Å². The summed E-state index contributed by atoms with van der Waals surface area (Å²) in [5.41, 5.74) is 0.422. The normalized spacial score (nSPS) is 19.3. The van der Waals surface area contributed by atoms with E-state index in [2.05, 4.69) is 10.6 Å². The fourth-order valence-electron chi connectivity index (χ4n) is 2.16. The van der Waals surface area contributed by atoms with Gasteiger partial charge in [0.2, 0.25) is 0 Å². The molecule has 1 aliphatic rings. The summed E-state index contributed by atoms with van der Waals surface area (Å²) in [4.78, 5) is 11.7. The third-order valence-corrected chi connectivity index (χ3v) is 4.02. The van der Waals surface area contributed by atoms with E-state index in [4.69, 9.17) is 27.9 Å². The number of amides is 2. The molecule has 2 unspecified atom stereocenters. The molecule has 0 saturated carbocycles. The van der Waals surface area contributed by atoms with E-state index in [0.29, 0.717) is 34.7 Å². The molecule has 1 saturated heterocycles. The molecule has 0 radical (unpaired) electrons. The van der Waals surface area contributed by atoms with Gasteiger partial charge in [0.25, 0.3) is 0 Å². The van der Waals surface area contributed by atoms with Gasteiger partial charge in [0.15, 0.2) is 0 Å². The molecule has 3 N–H and O–H groups in total.